The maximum atomic E-state index is 13.9. The number of thiophene rings is 1. The molecule has 0 saturated heterocycles. The summed E-state index contributed by atoms with van der Waals surface area (Å²) in [7, 11) is 0. The second-order valence-electron chi connectivity index (χ2n) is 4.98. The van der Waals surface area contributed by atoms with E-state index in [1.54, 1.807) is 17.4 Å². The Hall–Kier alpha value is -1.67. The highest BCUT2D eigenvalue weighted by Gasteiger charge is 2.13. The molecule has 104 valence electrons. The third kappa shape index (κ3) is 2.75. The molecule has 0 nitrogen and oxygen atoms in total. The van der Waals surface area contributed by atoms with Crippen molar-refractivity contribution < 1.29 is 4.39 Å². The molecule has 0 N–H and O–H groups in total. The SMILES string of the molecule is C=Cc1c(F)ccc(-c2ccc(C(C)C)s2)c1/C=C\C. The molecule has 0 spiro atoms. The fraction of sp³-hybridized carbons (Fsp3) is 0.222. The molecule has 0 fully saturated rings. The summed E-state index contributed by atoms with van der Waals surface area (Å²) in [6, 6.07) is 7.65. The van der Waals surface area contributed by atoms with Gasteiger partial charge in [0, 0.05) is 15.3 Å². The first-order chi connectivity index (χ1) is 9.58. The Morgan fingerprint density at radius 3 is 2.45 bits per heavy atom. The van der Waals surface area contributed by atoms with Crippen molar-refractivity contribution in [3.8, 4) is 10.4 Å². The first kappa shape index (κ1) is 14.7. The molecule has 0 aliphatic rings. The summed E-state index contributed by atoms with van der Waals surface area (Å²) in [6.07, 6.45) is 5.47. The maximum Gasteiger partial charge on any atom is 0.131 e. The van der Waals surface area contributed by atoms with Gasteiger partial charge in [-0.05, 0) is 42.2 Å². The Labute approximate surface area is 124 Å². The second-order valence-corrected chi connectivity index (χ2v) is 6.10. The van der Waals surface area contributed by atoms with Crippen LogP contribution in [0.15, 0.2) is 36.9 Å². The van der Waals surface area contributed by atoms with Crippen LogP contribution in [0, 0.1) is 5.82 Å². The zero-order valence-corrected chi connectivity index (χ0v) is 12.9. The Bertz CT molecular complexity index is 647. The lowest BCUT2D eigenvalue weighted by molar-refractivity contribution is 0.625. The maximum absolute atomic E-state index is 13.9. The number of hydrogen-bond donors (Lipinski definition) is 0. The van der Waals surface area contributed by atoms with Gasteiger partial charge in [0.2, 0.25) is 0 Å². The van der Waals surface area contributed by atoms with Crippen LogP contribution >= 0.6 is 11.3 Å². The Balaban J connectivity index is 2.63. The van der Waals surface area contributed by atoms with Gasteiger partial charge in [-0.2, -0.15) is 0 Å². The molecule has 2 heteroatoms. The molecule has 1 heterocycles. The topological polar surface area (TPSA) is 0 Å². The highest BCUT2D eigenvalue weighted by molar-refractivity contribution is 7.15. The average Bonchev–Trinajstić information content (AvgIpc) is 2.89. The van der Waals surface area contributed by atoms with Gasteiger partial charge in [-0.25, -0.2) is 4.39 Å². The van der Waals surface area contributed by atoms with Crippen molar-refractivity contribution in [2.75, 3.05) is 0 Å². The van der Waals surface area contributed by atoms with Crippen LogP contribution in [-0.2, 0) is 0 Å². The zero-order chi connectivity index (χ0) is 14.7. The Morgan fingerprint density at radius 1 is 1.15 bits per heavy atom. The number of halogens is 1. The minimum absolute atomic E-state index is 0.225. The molecule has 2 aromatic rings. The van der Waals surface area contributed by atoms with Crippen molar-refractivity contribution in [3.05, 3.63) is 58.7 Å². The van der Waals surface area contributed by atoms with Crippen LogP contribution in [0.2, 0.25) is 0 Å². The third-order valence-corrected chi connectivity index (χ3v) is 4.65. The van der Waals surface area contributed by atoms with E-state index >= 15 is 0 Å². The second kappa shape index (κ2) is 6.19. The van der Waals surface area contributed by atoms with Gasteiger partial charge in [0.05, 0.1) is 0 Å². The van der Waals surface area contributed by atoms with E-state index in [0.717, 1.165) is 11.1 Å². The summed E-state index contributed by atoms with van der Waals surface area (Å²) in [6.45, 7) is 10.0. The van der Waals surface area contributed by atoms with E-state index in [4.69, 9.17) is 0 Å². The molecule has 0 aliphatic heterocycles. The van der Waals surface area contributed by atoms with E-state index in [-0.39, 0.29) is 5.82 Å². The van der Waals surface area contributed by atoms with Crippen molar-refractivity contribution in [2.24, 2.45) is 0 Å². The lowest BCUT2D eigenvalue weighted by Gasteiger charge is -2.09. The molecule has 0 saturated carbocycles. The summed E-state index contributed by atoms with van der Waals surface area (Å²) in [5.41, 5.74) is 2.54. The predicted octanol–water partition coefficient (Wildman–Crippen LogP) is 6.35. The molecular weight excluding hydrogens is 267 g/mol. The number of hydrogen-bond acceptors (Lipinski definition) is 1. The first-order valence-electron chi connectivity index (χ1n) is 6.76. The summed E-state index contributed by atoms with van der Waals surface area (Å²) < 4.78 is 13.9. The van der Waals surface area contributed by atoms with Crippen LogP contribution < -0.4 is 0 Å². The highest BCUT2D eigenvalue weighted by atomic mass is 32.1. The number of allylic oxidation sites excluding steroid dienone is 1. The van der Waals surface area contributed by atoms with Gasteiger partial charge < -0.3 is 0 Å². The third-order valence-electron chi connectivity index (χ3n) is 3.23. The van der Waals surface area contributed by atoms with Crippen molar-refractivity contribution in [1.29, 1.82) is 0 Å². The minimum atomic E-state index is -0.225. The standard InChI is InChI=1S/C18H19FS/c1-5-7-14-13(6-2)16(19)9-8-15(14)18-11-10-17(20-18)12(3)4/h5-12H,2H2,1,3-4H3/b7-5-. The van der Waals surface area contributed by atoms with E-state index < -0.39 is 0 Å². The predicted molar refractivity (Wildman–Crippen MR) is 88.6 cm³/mol. The lowest BCUT2D eigenvalue weighted by Crippen LogP contribution is -1.90. The molecule has 20 heavy (non-hydrogen) atoms. The fourth-order valence-corrected chi connectivity index (χ4v) is 3.24. The van der Waals surface area contributed by atoms with E-state index in [2.05, 4.69) is 32.6 Å². The molecule has 0 atom stereocenters. The van der Waals surface area contributed by atoms with Crippen molar-refractivity contribution in [2.45, 2.75) is 26.7 Å². The largest absolute Gasteiger partial charge is 0.206 e. The normalized spacial score (nSPS) is 11.4. The molecule has 0 aliphatic carbocycles. The summed E-state index contributed by atoms with van der Waals surface area (Å²) in [4.78, 5) is 2.51. The van der Waals surface area contributed by atoms with E-state index in [0.29, 0.717) is 11.5 Å². The zero-order valence-electron chi connectivity index (χ0n) is 12.1. The van der Waals surface area contributed by atoms with Crippen molar-refractivity contribution in [1.82, 2.24) is 0 Å². The summed E-state index contributed by atoms with van der Waals surface area (Å²) in [5, 5.41) is 0. The van der Waals surface area contributed by atoms with Crippen LogP contribution in [0.1, 0.15) is 42.7 Å². The summed E-state index contributed by atoms with van der Waals surface area (Å²) >= 11 is 1.77. The molecule has 0 bridgehead atoms. The molecule has 1 aromatic heterocycles. The molecule has 0 unspecified atom stereocenters. The first-order valence-corrected chi connectivity index (χ1v) is 7.57. The molecule has 2 rings (SSSR count). The highest BCUT2D eigenvalue weighted by Crippen LogP contribution is 2.36. The fourth-order valence-electron chi connectivity index (χ4n) is 2.19. The van der Waals surface area contributed by atoms with Gasteiger partial charge in [-0.3, -0.25) is 0 Å². The smallest absolute Gasteiger partial charge is 0.131 e. The monoisotopic (exact) mass is 286 g/mol. The molecule has 1 aromatic carbocycles. The van der Waals surface area contributed by atoms with Crippen LogP contribution in [0.3, 0.4) is 0 Å². The van der Waals surface area contributed by atoms with Crippen LogP contribution in [0.4, 0.5) is 4.39 Å². The van der Waals surface area contributed by atoms with Gasteiger partial charge in [0.1, 0.15) is 5.82 Å². The van der Waals surface area contributed by atoms with Crippen LogP contribution in [0.5, 0.6) is 0 Å². The van der Waals surface area contributed by atoms with Gasteiger partial charge in [0.25, 0.3) is 0 Å². The van der Waals surface area contributed by atoms with Crippen LogP contribution in [0.25, 0.3) is 22.6 Å². The van der Waals surface area contributed by atoms with Gasteiger partial charge in [-0.15, -0.1) is 11.3 Å². The van der Waals surface area contributed by atoms with E-state index in [9.17, 15) is 4.39 Å². The average molecular weight is 286 g/mol. The Kier molecular flexibility index (Phi) is 4.56. The molecule has 0 amide bonds. The quantitative estimate of drug-likeness (QED) is 0.614. The molecule has 0 radical (unpaired) electrons. The Morgan fingerprint density at radius 2 is 1.90 bits per heavy atom. The van der Waals surface area contributed by atoms with Crippen molar-refractivity contribution >= 4 is 23.5 Å². The van der Waals surface area contributed by atoms with Crippen LogP contribution in [-0.4, -0.2) is 0 Å². The minimum Gasteiger partial charge on any atom is -0.206 e. The van der Waals surface area contributed by atoms with Gasteiger partial charge >= 0.3 is 0 Å². The van der Waals surface area contributed by atoms with E-state index in [1.807, 2.05) is 25.1 Å². The lowest BCUT2D eigenvalue weighted by atomic mass is 9.98. The van der Waals surface area contributed by atoms with E-state index in [1.165, 1.54) is 15.8 Å². The van der Waals surface area contributed by atoms with Crippen molar-refractivity contribution in [3.63, 3.8) is 0 Å². The number of benzene rings is 1. The molecular formula is C18H19FS. The number of rotatable bonds is 4. The summed E-state index contributed by atoms with van der Waals surface area (Å²) in [5.74, 6) is 0.288. The van der Waals surface area contributed by atoms with Gasteiger partial charge in [-0.1, -0.05) is 44.7 Å². The van der Waals surface area contributed by atoms with Gasteiger partial charge in [0.15, 0.2) is 0 Å².